The van der Waals surface area contributed by atoms with Crippen LogP contribution in [0.15, 0.2) is 78.9 Å². The van der Waals surface area contributed by atoms with Gasteiger partial charge in [-0.05, 0) is 42.0 Å². The van der Waals surface area contributed by atoms with Crippen molar-refractivity contribution < 1.29 is 19.2 Å². The van der Waals surface area contributed by atoms with Gasteiger partial charge >= 0.3 is 0 Å². The molecule has 4 amide bonds. The van der Waals surface area contributed by atoms with Crippen LogP contribution in [0.4, 0.5) is 22.7 Å². The second-order valence-electron chi connectivity index (χ2n) is 7.35. The van der Waals surface area contributed by atoms with Crippen LogP contribution in [0.5, 0.6) is 0 Å². The van der Waals surface area contributed by atoms with Crippen molar-refractivity contribution in [1.82, 2.24) is 0 Å². The molecule has 0 saturated carbocycles. The van der Waals surface area contributed by atoms with E-state index in [2.05, 4.69) is 21.3 Å². The predicted molar refractivity (Wildman–Crippen MR) is 128 cm³/mol. The van der Waals surface area contributed by atoms with Gasteiger partial charge in [-0.25, -0.2) is 0 Å². The largest absolute Gasteiger partial charge is 0.326 e. The first kappa shape index (κ1) is 23.2. The molecule has 3 aromatic rings. The highest BCUT2D eigenvalue weighted by Gasteiger charge is 2.29. The standard InChI is InChI=1S/C25H24N4O4/c1-16(30)26-19-10-6-12-21(14-19)28-24(32)23(18-8-4-3-5-9-18)25(33)29-22-13-7-11-20(15-22)27-17(2)31/h3-15,23H,1-2H3,(H,26,30)(H,27,31)(H,28,32)(H,29,33). The average Bonchev–Trinajstić information content (AvgIpc) is 2.74. The van der Waals surface area contributed by atoms with E-state index >= 15 is 0 Å². The third-order valence-corrected chi connectivity index (χ3v) is 4.56. The van der Waals surface area contributed by atoms with Crippen molar-refractivity contribution in [3.8, 4) is 0 Å². The van der Waals surface area contributed by atoms with Gasteiger partial charge < -0.3 is 21.3 Å². The van der Waals surface area contributed by atoms with E-state index in [1.807, 2.05) is 0 Å². The van der Waals surface area contributed by atoms with E-state index in [1.54, 1.807) is 78.9 Å². The lowest BCUT2D eigenvalue weighted by molar-refractivity contribution is -0.126. The van der Waals surface area contributed by atoms with Gasteiger partial charge in [-0.1, -0.05) is 42.5 Å². The maximum atomic E-state index is 13.2. The molecule has 3 rings (SSSR count). The van der Waals surface area contributed by atoms with Crippen molar-refractivity contribution in [3.05, 3.63) is 84.4 Å². The Morgan fingerprint density at radius 1 is 0.545 bits per heavy atom. The molecule has 0 aliphatic rings. The summed E-state index contributed by atoms with van der Waals surface area (Å²) in [5.74, 6) is -2.67. The van der Waals surface area contributed by atoms with Crippen LogP contribution in [-0.2, 0) is 19.2 Å². The van der Waals surface area contributed by atoms with Crippen molar-refractivity contribution >= 4 is 46.4 Å². The molecule has 8 heteroatoms. The minimum atomic E-state index is -1.14. The average molecular weight is 444 g/mol. The Morgan fingerprint density at radius 3 is 1.33 bits per heavy atom. The molecule has 4 N–H and O–H groups in total. The molecule has 0 unspecified atom stereocenters. The van der Waals surface area contributed by atoms with Crippen LogP contribution in [0, 0.1) is 0 Å². The van der Waals surface area contributed by atoms with Gasteiger partial charge in [0.05, 0.1) is 0 Å². The minimum absolute atomic E-state index is 0.235. The zero-order chi connectivity index (χ0) is 23.8. The number of carbonyl (C=O) groups is 4. The number of hydrogen-bond donors (Lipinski definition) is 4. The number of amides is 4. The number of anilines is 4. The second kappa shape index (κ2) is 10.7. The highest BCUT2D eigenvalue weighted by Crippen LogP contribution is 2.23. The number of carbonyl (C=O) groups excluding carboxylic acids is 4. The molecule has 0 fully saturated rings. The molecule has 8 nitrogen and oxygen atoms in total. The molecule has 0 aliphatic carbocycles. The summed E-state index contributed by atoms with van der Waals surface area (Å²) < 4.78 is 0. The van der Waals surface area contributed by atoms with Crippen LogP contribution in [0.25, 0.3) is 0 Å². The fraction of sp³-hybridized carbons (Fsp3) is 0.120. The second-order valence-corrected chi connectivity index (χ2v) is 7.35. The van der Waals surface area contributed by atoms with Crippen LogP contribution >= 0.6 is 0 Å². The fourth-order valence-corrected chi connectivity index (χ4v) is 3.25. The summed E-state index contributed by atoms with van der Waals surface area (Å²) in [7, 11) is 0. The minimum Gasteiger partial charge on any atom is -0.326 e. The molecule has 0 saturated heterocycles. The van der Waals surface area contributed by atoms with E-state index in [9.17, 15) is 19.2 Å². The Labute approximate surface area is 191 Å². The Bertz CT molecular complexity index is 1100. The van der Waals surface area contributed by atoms with Gasteiger partial charge in [-0.3, -0.25) is 19.2 Å². The van der Waals surface area contributed by atoms with Gasteiger partial charge in [0, 0.05) is 36.6 Å². The smallest absolute Gasteiger partial charge is 0.241 e. The predicted octanol–water partition coefficient (Wildman–Crippen LogP) is 3.96. The van der Waals surface area contributed by atoms with Crippen LogP contribution < -0.4 is 21.3 Å². The number of benzene rings is 3. The van der Waals surface area contributed by atoms with E-state index < -0.39 is 17.7 Å². The van der Waals surface area contributed by atoms with Crippen molar-refractivity contribution in [2.24, 2.45) is 0 Å². The van der Waals surface area contributed by atoms with Gasteiger partial charge in [0.1, 0.15) is 5.92 Å². The zero-order valence-electron chi connectivity index (χ0n) is 18.2. The molecule has 33 heavy (non-hydrogen) atoms. The summed E-state index contributed by atoms with van der Waals surface area (Å²) in [5.41, 5.74) is 2.44. The number of nitrogens with one attached hydrogen (secondary N) is 4. The molecule has 0 spiro atoms. The SMILES string of the molecule is CC(=O)Nc1cccc(NC(=O)C(C(=O)Nc2cccc(NC(C)=O)c2)c2ccccc2)c1. The monoisotopic (exact) mass is 444 g/mol. The summed E-state index contributed by atoms with van der Waals surface area (Å²) >= 11 is 0. The molecule has 0 heterocycles. The lowest BCUT2D eigenvalue weighted by Crippen LogP contribution is -2.32. The molecular formula is C25H24N4O4. The number of rotatable bonds is 7. The van der Waals surface area contributed by atoms with Crippen molar-refractivity contribution in [1.29, 1.82) is 0 Å². The normalized spacial score (nSPS) is 10.3. The Balaban J connectivity index is 1.83. The summed E-state index contributed by atoms with van der Waals surface area (Å²) in [5, 5.41) is 10.8. The molecule has 0 bridgehead atoms. The summed E-state index contributed by atoms with van der Waals surface area (Å²) in [6.07, 6.45) is 0. The lowest BCUT2D eigenvalue weighted by atomic mass is 9.97. The first-order valence-corrected chi connectivity index (χ1v) is 10.2. The summed E-state index contributed by atoms with van der Waals surface area (Å²) in [6, 6.07) is 22.0. The van der Waals surface area contributed by atoms with E-state index in [1.165, 1.54) is 13.8 Å². The van der Waals surface area contributed by atoms with E-state index in [0.29, 0.717) is 28.3 Å². The molecule has 0 radical (unpaired) electrons. The Hall–Kier alpha value is -4.46. The summed E-state index contributed by atoms with van der Waals surface area (Å²) in [6.45, 7) is 2.78. The highest BCUT2D eigenvalue weighted by molar-refractivity contribution is 6.15. The topological polar surface area (TPSA) is 116 Å². The maximum Gasteiger partial charge on any atom is 0.241 e. The van der Waals surface area contributed by atoms with Gasteiger partial charge in [-0.2, -0.15) is 0 Å². The van der Waals surface area contributed by atoms with Crippen molar-refractivity contribution in [2.75, 3.05) is 21.3 Å². The highest BCUT2D eigenvalue weighted by atomic mass is 16.2. The quantitative estimate of drug-likeness (QED) is 0.413. The molecule has 0 atom stereocenters. The van der Waals surface area contributed by atoms with Gasteiger partial charge in [0.2, 0.25) is 23.6 Å². The van der Waals surface area contributed by atoms with Gasteiger partial charge in [0.15, 0.2) is 0 Å². The molecular weight excluding hydrogens is 420 g/mol. The third-order valence-electron chi connectivity index (χ3n) is 4.56. The van der Waals surface area contributed by atoms with Crippen molar-refractivity contribution in [2.45, 2.75) is 19.8 Å². The van der Waals surface area contributed by atoms with Crippen LogP contribution in [0.3, 0.4) is 0 Å². The van der Waals surface area contributed by atoms with Crippen molar-refractivity contribution in [3.63, 3.8) is 0 Å². The molecule has 168 valence electrons. The van der Waals surface area contributed by atoms with E-state index in [0.717, 1.165) is 0 Å². The fourth-order valence-electron chi connectivity index (χ4n) is 3.25. The van der Waals surface area contributed by atoms with E-state index in [-0.39, 0.29) is 11.8 Å². The number of hydrogen-bond acceptors (Lipinski definition) is 4. The molecule has 3 aromatic carbocycles. The van der Waals surface area contributed by atoms with Crippen LogP contribution in [-0.4, -0.2) is 23.6 Å². The van der Waals surface area contributed by atoms with Gasteiger partial charge in [0.25, 0.3) is 0 Å². The van der Waals surface area contributed by atoms with Crippen LogP contribution in [0.1, 0.15) is 25.3 Å². The third kappa shape index (κ3) is 6.76. The molecule has 0 aromatic heterocycles. The zero-order valence-corrected chi connectivity index (χ0v) is 18.2. The van der Waals surface area contributed by atoms with E-state index in [4.69, 9.17) is 0 Å². The Kier molecular flexibility index (Phi) is 7.54. The lowest BCUT2D eigenvalue weighted by Gasteiger charge is -2.18. The van der Waals surface area contributed by atoms with Crippen LogP contribution in [0.2, 0.25) is 0 Å². The maximum absolute atomic E-state index is 13.2. The first-order valence-electron chi connectivity index (χ1n) is 10.2. The van der Waals surface area contributed by atoms with Gasteiger partial charge in [-0.15, -0.1) is 0 Å². The summed E-state index contributed by atoms with van der Waals surface area (Å²) in [4.78, 5) is 49.0. The Morgan fingerprint density at radius 2 is 0.939 bits per heavy atom. The molecule has 0 aliphatic heterocycles. The first-order chi connectivity index (χ1) is 15.8.